The van der Waals surface area contributed by atoms with Gasteiger partial charge in [0.1, 0.15) is 0 Å². The van der Waals surface area contributed by atoms with E-state index in [4.69, 9.17) is 0 Å². The molecule has 0 amide bonds. The maximum absolute atomic E-state index is 13.3. The average Bonchev–Trinajstić information content (AvgIpc) is 3.65. The van der Waals surface area contributed by atoms with Gasteiger partial charge in [0.05, 0.1) is 16.9 Å². The highest BCUT2D eigenvalue weighted by atomic mass is 19.4. The Morgan fingerprint density at radius 3 is 2.58 bits per heavy atom. The lowest BCUT2D eigenvalue weighted by atomic mass is 9.79. The molecule has 5 nitrogen and oxygen atoms in total. The van der Waals surface area contributed by atoms with Crippen LogP contribution in [0.25, 0.3) is 16.8 Å². The first-order valence-electron chi connectivity index (χ1n) is 15.3. The molecule has 1 N–H and O–H groups in total. The molecule has 3 aromatic heterocycles. The number of nitrogens with one attached hydrogen (secondary N) is 1. The first-order chi connectivity index (χ1) is 20.7. The summed E-state index contributed by atoms with van der Waals surface area (Å²) in [7, 11) is 0. The molecule has 8 rings (SSSR count). The molecule has 43 heavy (non-hydrogen) atoms. The average molecular weight is 582 g/mol. The SMILES string of the molecule is CC1=c2[nH]ccc2=C2c3c4c(c(C)n3-c3c(CC5CC5)cccc3C(C)[C@@H]2C=C1)CCN(c1ncc(C(F)(F)F)cn1)C4. The van der Waals surface area contributed by atoms with Crippen LogP contribution in [0.2, 0.25) is 0 Å². The Labute approximate surface area is 248 Å². The van der Waals surface area contributed by atoms with E-state index in [9.17, 15) is 13.2 Å². The van der Waals surface area contributed by atoms with Gasteiger partial charge in [0.25, 0.3) is 0 Å². The number of rotatable bonds is 3. The van der Waals surface area contributed by atoms with E-state index < -0.39 is 11.7 Å². The van der Waals surface area contributed by atoms with Crippen molar-refractivity contribution in [1.29, 1.82) is 0 Å². The van der Waals surface area contributed by atoms with Crippen molar-refractivity contribution in [2.24, 2.45) is 11.8 Å². The van der Waals surface area contributed by atoms with Crippen LogP contribution in [-0.4, -0.2) is 26.1 Å². The van der Waals surface area contributed by atoms with Crippen LogP contribution >= 0.6 is 0 Å². The van der Waals surface area contributed by atoms with Crippen LogP contribution in [0.4, 0.5) is 19.1 Å². The van der Waals surface area contributed by atoms with Crippen molar-refractivity contribution in [2.75, 3.05) is 11.4 Å². The number of hydrogen-bond acceptors (Lipinski definition) is 3. The van der Waals surface area contributed by atoms with Crippen molar-refractivity contribution in [3.8, 4) is 5.69 Å². The van der Waals surface area contributed by atoms with Crippen LogP contribution in [0.3, 0.4) is 0 Å². The van der Waals surface area contributed by atoms with Gasteiger partial charge < -0.3 is 14.5 Å². The third-order valence-corrected chi connectivity index (χ3v) is 10.1. The van der Waals surface area contributed by atoms with E-state index in [1.54, 1.807) is 0 Å². The van der Waals surface area contributed by atoms with E-state index >= 15 is 0 Å². The fourth-order valence-electron chi connectivity index (χ4n) is 7.65. The highest BCUT2D eigenvalue weighted by Gasteiger charge is 2.39. The molecule has 0 spiro atoms. The van der Waals surface area contributed by atoms with Crippen molar-refractivity contribution in [3.63, 3.8) is 0 Å². The van der Waals surface area contributed by atoms with Crippen molar-refractivity contribution >= 4 is 17.1 Å². The van der Waals surface area contributed by atoms with Gasteiger partial charge >= 0.3 is 6.18 Å². The van der Waals surface area contributed by atoms with Gasteiger partial charge in [-0.1, -0.05) is 37.3 Å². The largest absolute Gasteiger partial charge is 0.419 e. The molecular formula is C35H34F3N5. The summed E-state index contributed by atoms with van der Waals surface area (Å²) in [6, 6.07) is 9.08. The first-order valence-corrected chi connectivity index (χ1v) is 15.3. The third-order valence-electron chi connectivity index (χ3n) is 10.1. The van der Waals surface area contributed by atoms with Gasteiger partial charge in [0.2, 0.25) is 5.95 Å². The summed E-state index contributed by atoms with van der Waals surface area (Å²) in [6.07, 6.45) is 8.46. The quantitative estimate of drug-likeness (QED) is 0.318. The standard InChI is InChI=1S/C35H34F3N5/c1-19-7-10-25-20(2)26-6-4-5-23(15-22-8-9-22)32(26)43-21(3)27-12-14-42(34-40-16-24(17-41-34)35(36,37)38)18-29(27)33(43)30(25)28-11-13-39-31(19)28/h4-7,10-11,13,16-17,20,22,25,39H,8-9,12,14-15,18H2,1-3H3/t20?,25-/m0/s1. The van der Waals surface area contributed by atoms with Gasteiger partial charge in [-0.2, -0.15) is 13.2 Å². The van der Waals surface area contributed by atoms with Crippen LogP contribution in [0, 0.1) is 18.8 Å². The fraction of sp³-hybridized carbons (Fsp3) is 0.371. The molecule has 1 saturated carbocycles. The second-order valence-electron chi connectivity index (χ2n) is 12.7. The molecule has 1 unspecified atom stereocenters. The Balaban J connectivity index is 1.39. The lowest BCUT2D eigenvalue weighted by molar-refractivity contribution is -0.138. The van der Waals surface area contributed by atoms with Crippen molar-refractivity contribution in [3.05, 3.63) is 105 Å². The molecule has 8 heteroatoms. The number of benzene rings is 1. The second-order valence-corrected chi connectivity index (χ2v) is 12.7. The number of aromatic nitrogens is 4. The summed E-state index contributed by atoms with van der Waals surface area (Å²) in [5.74, 6) is 1.49. The van der Waals surface area contributed by atoms with Gasteiger partial charge in [-0.05, 0) is 85.3 Å². The number of halogens is 3. The van der Waals surface area contributed by atoms with Crippen LogP contribution in [0.15, 0.2) is 55.0 Å². The number of hydrogen-bond donors (Lipinski definition) is 1. The van der Waals surface area contributed by atoms with Crippen LogP contribution < -0.4 is 15.5 Å². The maximum atomic E-state index is 13.3. The van der Waals surface area contributed by atoms with Gasteiger partial charge in [-0.25, -0.2) is 9.97 Å². The van der Waals surface area contributed by atoms with E-state index in [0.717, 1.165) is 36.5 Å². The zero-order valence-corrected chi connectivity index (χ0v) is 24.6. The normalized spacial score (nSPS) is 21.0. The molecule has 220 valence electrons. The van der Waals surface area contributed by atoms with E-state index in [-0.39, 0.29) is 11.8 Å². The molecule has 4 aliphatic rings. The Morgan fingerprint density at radius 1 is 1.05 bits per heavy atom. The van der Waals surface area contributed by atoms with Gasteiger partial charge in [0, 0.05) is 59.4 Å². The predicted octanol–water partition coefficient (Wildman–Crippen LogP) is 6.11. The number of anilines is 1. The van der Waals surface area contributed by atoms with E-state index in [1.165, 1.54) is 68.5 Å². The summed E-state index contributed by atoms with van der Waals surface area (Å²) >= 11 is 0. The van der Waals surface area contributed by atoms with E-state index in [0.29, 0.717) is 19.0 Å². The van der Waals surface area contributed by atoms with Crippen molar-refractivity contribution < 1.29 is 13.2 Å². The molecule has 0 radical (unpaired) electrons. The zero-order valence-electron chi connectivity index (χ0n) is 24.6. The van der Waals surface area contributed by atoms with Gasteiger partial charge in [0.15, 0.2) is 0 Å². The molecule has 5 heterocycles. The summed E-state index contributed by atoms with van der Waals surface area (Å²) in [6.45, 7) is 7.96. The van der Waals surface area contributed by atoms with Crippen LogP contribution in [0.5, 0.6) is 0 Å². The van der Waals surface area contributed by atoms with Gasteiger partial charge in [-0.15, -0.1) is 0 Å². The third kappa shape index (κ3) is 4.13. The summed E-state index contributed by atoms with van der Waals surface area (Å²) in [5, 5.41) is 2.36. The van der Waals surface area contributed by atoms with Crippen molar-refractivity contribution in [1.82, 2.24) is 19.5 Å². The molecule has 1 aromatic carbocycles. The molecule has 0 bridgehead atoms. The fourth-order valence-corrected chi connectivity index (χ4v) is 7.65. The molecule has 2 atom stereocenters. The summed E-state index contributed by atoms with van der Waals surface area (Å²) in [5.41, 5.74) is 10.8. The molecule has 0 saturated heterocycles. The van der Waals surface area contributed by atoms with Crippen LogP contribution in [-0.2, 0) is 25.6 Å². The molecular weight excluding hydrogens is 547 g/mol. The first kappa shape index (κ1) is 26.5. The minimum atomic E-state index is -4.46. The Morgan fingerprint density at radius 2 is 1.84 bits per heavy atom. The number of nitrogens with zero attached hydrogens (tertiary/aromatic N) is 4. The molecule has 4 aromatic rings. The second kappa shape index (κ2) is 9.46. The number of H-pyrrole nitrogens is 1. The minimum absolute atomic E-state index is 0.152. The highest BCUT2D eigenvalue weighted by Crippen LogP contribution is 2.48. The molecule has 2 aliphatic heterocycles. The minimum Gasteiger partial charge on any atom is -0.361 e. The summed E-state index contributed by atoms with van der Waals surface area (Å²) < 4.78 is 42.3. The summed E-state index contributed by atoms with van der Waals surface area (Å²) in [4.78, 5) is 13.9. The number of alkyl halides is 3. The van der Waals surface area contributed by atoms with Crippen molar-refractivity contribution in [2.45, 2.75) is 65.1 Å². The van der Waals surface area contributed by atoms with E-state index in [2.05, 4.69) is 76.7 Å². The molecule has 1 fully saturated rings. The number of allylic oxidation sites excluding steroid dienone is 2. The number of para-hydroxylation sites is 1. The lowest BCUT2D eigenvalue weighted by Gasteiger charge is -2.29. The molecule has 2 aliphatic carbocycles. The number of aromatic amines is 1. The van der Waals surface area contributed by atoms with Gasteiger partial charge in [-0.3, -0.25) is 0 Å². The monoisotopic (exact) mass is 581 g/mol. The predicted molar refractivity (Wildman–Crippen MR) is 161 cm³/mol. The zero-order chi connectivity index (χ0) is 29.6. The number of fused-ring (bicyclic) bond motifs is 8. The van der Waals surface area contributed by atoms with Crippen LogP contribution in [0.1, 0.15) is 71.8 Å². The Kier molecular flexibility index (Phi) is 5.84. The lowest BCUT2D eigenvalue weighted by Crippen LogP contribution is -2.33. The topological polar surface area (TPSA) is 49.7 Å². The maximum Gasteiger partial charge on any atom is 0.419 e. The highest BCUT2D eigenvalue weighted by molar-refractivity contribution is 5.79. The Hall–Kier alpha value is -4.07. The van der Waals surface area contributed by atoms with E-state index in [1.807, 2.05) is 11.1 Å². The Bertz CT molecular complexity index is 1920. The smallest absolute Gasteiger partial charge is 0.361 e.